The summed E-state index contributed by atoms with van der Waals surface area (Å²) in [6.07, 6.45) is 6.95. The normalized spacial score (nSPS) is 29.3. The zero-order valence-corrected chi connectivity index (χ0v) is 13.9. The molecule has 0 aromatic carbocycles. The van der Waals surface area contributed by atoms with Crippen LogP contribution in [0.3, 0.4) is 0 Å². The Morgan fingerprint density at radius 2 is 1.76 bits per heavy atom. The predicted molar refractivity (Wildman–Crippen MR) is 85.2 cm³/mol. The van der Waals surface area contributed by atoms with Gasteiger partial charge in [-0.1, -0.05) is 33.6 Å². The maximum absolute atomic E-state index is 12.7. The first-order valence-corrected chi connectivity index (χ1v) is 8.72. The van der Waals surface area contributed by atoms with E-state index in [1.165, 1.54) is 19.3 Å². The molecule has 1 aliphatic carbocycles. The minimum atomic E-state index is -0.0813. The molecule has 0 aromatic rings. The molecule has 2 N–H and O–H groups in total. The van der Waals surface area contributed by atoms with Crippen molar-refractivity contribution in [2.75, 3.05) is 13.2 Å². The fraction of sp³-hybridized carbons (Fsp3) is 0.941. The summed E-state index contributed by atoms with van der Waals surface area (Å²) in [6.45, 7) is 8.13. The van der Waals surface area contributed by atoms with Gasteiger partial charge in [0.15, 0.2) is 0 Å². The lowest BCUT2D eigenvalue weighted by molar-refractivity contribution is -0.126. The Balaban J connectivity index is 1.88. The van der Waals surface area contributed by atoms with E-state index in [1.807, 2.05) is 0 Å². The molecule has 1 saturated carbocycles. The molecular formula is C17H32N2O2. The van der Waals surface area contributed by atoms with Gasteiger partial charge in [0.25, 0.3) is 0 Å². The lowest BCUT2D eigenvalue weighted by Crippen LogP contribution is -2.55. The van der Waals surface area contributed by atoms with Gasteiger partial charge in [0.2, 0.25) is 5.91 Å². The van der Waals surface area contributed by atoms with Crippen LogP contribution in [0.4, 0.5) is 0 Å². The third-order valence-electron chi connectivity index (χ3n) is 5.02. The van der Waals surface area contributed by atoms with Gasteiger partial charge >= 0.3 is 0 Å². The zero-order chi connectivity index (χ0) is 15.2. The van der Waals surface area contributed by atoms with Gasteiger partial charge in [-0.25, -0.2) is 0 Å². The van der Waals surface area contributed by atoms with Crippen LogP contribution in [0.2, 0.25) is 0 Å². The molecule has 21 heavy (non-hydrogen) atoms. The average Bonchev–Trinajstić information content (AvgIpc) is 2.48. The van der Waals surface area contributed by atoms with Crippen LogP contribution < -0.4 is 10.6 Å². The number of hydrogen-bond acceptors (Lipinski definition) is 3. The number of carbonyl (C=O) groups is 1. The lowest BCUT2D eigenvalue weighted by atomic mass is 9.85. The van der Waals surface area contributed by atoms with Crippen LogP contribution in [0.15, 0.2) is 0 Å². The molecule has 1 heterocycles. The van der Waals surface area contributed by atoms with Crippen LogP contribution in [-0.4, -0.2) is 37.2 Å². The SMILES string of the molecule is CC(C)[C@H](NC1CCOCC1)C(=O)N[C@@H]1CCCC[C@@H]1C. The quantitative estimate of drug-likeness (QED) is 0.819. The number of carbonyl (C=O) groups excluding carboxylic acids is 1. The largest absolute Gasteiger partial charge is 0.381 e. The van der Waals surface area contributed by atoms with Crippen LogP contribution in [0.25, 0.3) is 0 Å². The van der Waals surface area contributed by atoms with Crippen molar-refractivity contribution in [1.82, 2.24) is 10.6 Å². The molecule has 4 nitrogen and oxygen atoms in total. The molecule has 1 aliphatic heterocycles. The van der Waals surface area contributed by atoms with Crippen LogP contribution in [0.1, 0.15) is 59.3 Å². The van der Waals surface area contributed by atoms with Gasteiger partial charge in [0.05, 0.1) is 6.04 Å². The highest BCUT2D eigenvalue weighted by Gasteiger charge is 2.29. The van der Waals surface area contributed by atoms with E-state index in [4.69, 9.17) is 4.74 Å². The fourth-order valence-electron chi connectivity index (χ4n) is 3.49. The van der Waals surface area contributed by atoms with Gasteiger partial charge in [-0.15, -0.1) is 0 Å². The minimum absolute atomic E-state index is 0.0813. The summed E-state index contributed by atoms with van der Waals surface area (Å²) in [4.78, 5) is 12.7. The molecule has 1 amide bonds. The summed E-state index contributed by atoms with van der Waals surface area (Å²) >= 11 is 0. The highest BCUT2D eigenvalue weighted by atomic mass is 16.5. The second-order valence-corrected chi connectivity index (χ2v) is 7.15. The number of nitrogens with one attached hydrogen (secondary N) is 2. The lowest BCUT2D eigenvalue weighted by Gasteiger charge is -2.34. The first-order valence-electron chi connectivity index (χ1n) is 8.72. The summed E-state index contributed by atoms with van der Waals surface area (Å²) in [7, 11) is 0. The molecule has 1 saturated heterocycles. The van der Waals surface area contributed by atoms with Gasteiger partial charge in [-0.3, -0.25) is 4.79 Å². The third kappa shape index (κ3) is 4.96. The Labute approximate surface area is 129 Å². The zero-order valence-electron chi connectivity index (χ0n) is 13.9. The molecular weight excluding hydrogens is 264 g/mol. The smallest absolute Gasteiger partial charge is 0.237 e. The highest BCUT2D eigenvalue weighted by Crippen LogP contribution is 2.24. The van der Waals surface area contributed by atoms with Crippen molar-refractivity contribution in [3.05, 3.63) is 0 Å². The van der Waals surface area contributed by atoms with Crippen molar-refractivity contribution in [3.8, 4) is 0 Å². The highest BCUT2D eigenvalue weighted by molar-refractivity contribution is 5.82. The maximum Gasteiger partial charge on any atom is 0.237 e. The molecule has 2 fully saturated rings. The van der Waals surface area contributed by atoms with Crippen molar-refractivity contribution >= 4 is 5.91 Å². The van der Waals surface area contributed by atoms with E-state index >= 15 is 0 Å². The molecule has 2 rings (SSSR count). The van der Waals surface area contributed by atoms with E-state index in [9.17, 15) is 4.79 Å². The van der Waals surface area contributed by atoms with Crippen molar-refractivity contribution in [2.24, 2.45) is 11.8 Å². The standard InChI is InChI=1S/C17H32N2O2/c1-12(2)16(18-14-8-10-21-11-9-14)17(20)19-15-7-5-4-6-13(15)3/h12-16,18H,4-11H2,1-3H3,(H,19,20)/t13-,15+,16-/m0/s1. The van der Waals surface area contributed by atoms with E-state index < -0.39 is 0 Å². The summed E-state index contributed by atoms with van der Waals surface area (Å²) in [5.41, 5.74) is 0. The monoisotopic (exact) mass is 296 g/mol. The van der Waals surface area contributed by atoms with Gasteiger partial charge in [0, 0.05) is 25.3 Å². The van der Waals surface area contributed by atoms with Crippen LogP contribution >= 0.6 is 0 Å². The van der Waals surface area contributed by atoms with Crippen molar-refractivity contribution in [1.29, 1.82) is 0 Å². The van der Waals surface area contributed by atoms with E-state index in [0.717, 1.165) is 32.5 Å². The first-order chi connectivity index (χ1) is 10.1. The molecule has 0 bridgehead atoms. The third-order valence-corrected chi connectivity index (χ3v) is 5.02. The second kappa shape index (κ2) is 8.14. The fourth-order valence-corrected chi connectivity index (χ4v) is 3.49. The number of rotatable bonds is 5. The van der Waals surface area contributed by atoms with Crippen molar-refractivity contribution < 1.29 is 9.53 Å². The molecule has 2 aliphatic rings. The Kier molecular flexibility index (Phi) is 6.49. The summed E-state index contributed by atoms with van der Waals surface area (Å²) in [5.74, 6) is 1.11. The number of ether oxygens (including phenoxy) is 1. The van der Waals surface area contributed by atoms with Gasteiger partial charge in [-0.05, 0) is 37.5 Å². The van der Waals surface area contributed by atoms with Crippen molar-refractivity contribution in [2.45, 2.75) is 77.4 Å². The molecule has 0 unspecified atom stereocenters. The van der Waals surface area contributed by atoms with Crippen LogP contribution in [-0.2, 0) is 9.53 Å². The Morgan fingerprint density at radius 1 is 1.10 bits per heavy atom. The topological polar surface area (TPSA) is 50.4 Å². The summed E-state index contributed by atoms with van der Waals surface area (Å²) in [5, 5.41) is 6.87. The first kappa shape index (κ1) is 16.8. The van der Waals surface area contributed by atoms with Crippen LogP contribution in [0.5, 0.6) is 0 Å². The van der Waals surface area contributed by atoms with E-state index in [-0.39, 0.29) is 11.9 Å². The van der Waals surface area contributed by atoms with Crippen molar-refractivity contribution in [3.63, 3.8) is 0 Å². The number of amides is 1. The maximum atomic E-state index is 12.7. The second-order valence-electron chi connectivity index (χ2n) is 7.15. The molecule has 3 atom stereocenters. The van der Waals surface area contributed by atoms with Gasteiger partial charge in [-0.2, -0.15) is 0 Å². The van der Waals surface area contributed by atoms with Gasteiger partial charge < -0.3 is 15.4 Å². The Bertz CT molecular complexity index is 327. The van der Waals surface area contributed by atoms with E-state index in [2.05, 4.69) is 31.4 Å². The summed E-state index contributed by atoms with van der Waals surface area (Å²) in [6, 6.07) is 0.701. The van der Waals surface area contributed by atoms with E-state index in [1.54, 1.807) is 0 Å². The Morgan fingerprint density at radius 3 is 2.38 bits per heavy atom. The molecule has 0 spiro atoms. The molecule has 4 heteroatoms. The van der Waals surface area contributed by atoms with Gasteiger partial charge in [0.1, 0.15) is 0 Å². The molecule has 122 valence electrons. The van der Waals surface area contributed by atoms with Crippen LogP contribution in [0, 0.1) is 11.8 Å². The predicted octanol–water partition coefficient (Wildman–Crippen LogP) is 2.47. The molecule has 0 radical (unpaired) electrons. The minimum Gasteiger partial charge on any atom is -0.381 e. The number of hydrogen-bond donors (Lipinski definition) is 2. The summed E-state index contributed by atoms with van der Waals surface area (Å²) < 4.78 is 5.40. The van der Waals surface area contributed by atoms with E-state index in [0.29, 0.717) is 23.9 Å². The Hall–Kier alpha value is -0.610. The average molecular weight is 296 g/mol. The molecule has 0 aromatic heterocycles.